The number of anilines is 1. The number of benzene rings is 2. The van der Waals surface area contributed by atoms with E-state index in [1.54, 1.807) is 57.0 Å². The third-order valence-corrected chi connectivity index (χ3v) is 5.28. The summed E-state index contributed by atoms with van der Waals surface area (Å²) in [5, 5.41) is 0.588. The van der Waals surface area contributed by atoms with Crippen molar-refractivity contribution in [1.82, 2.24) is 4.57 Å². The van der Waals surface area contributed by atoms with Gasteiger partial charge in [-0.25, -0.2) is 13.8 Å². The smallest absolute Gasteiger partial charge is 0.419 e. The lowest BCUT2D eigenvalue weighted by Crippen LogP contribution is -2.28. The quantitative estimate of drug-likeness (QED) is 0.527. The Morgan fingerprint density at radius 3 is 2.41 bits per heavy atom. The minimum absolute atomic E-state index is 0.0890. The highest BCUT2D eigenvalue weighted by molar-refractivity contribution is 5.96. The number of amides is 1. The molecule has 7 heteroatoms. The van der Waals surface area contributed by atoms with Crippen molar-refractivity contribution in [3.8, 4) is 5.75 Å². The number of carbonyl (C=O) groups is 2. The Kier molecular flexibility index (Phi) is 5.67. The third kappa shape index (κ3) is 4.77. The number of hydrogen-bond donors (Lipinski definition) is 0. The van der Waals surface area contributed by atoms with Crippen molar-refractivity contribution in [3.05, 3.63) is 60.0 Å². The van der Waals surface area contributed by atoms with Crippen LogP contribution in [0.25, 0.3) is 10.9 Å². The van der Waals surface area contributed by atoms with Crippen LogP contribution in [0.15, 0.2) is 48.5 Å². The van der Waals surface area contributed by atoms with E-state index in [2.05, 4.69) is 0 Å². The second kappa shape index (κ2) is 8.30. The molecule has 0 bridgehead atoms. The van der Waals surface area contributed by atoms with Crippen molar-refractivity contribution in [1.29, 1.82) is 0 Å². The van der Waals surface area contributed by atoms with Gasteiger partial charge >= 0.3 is 6.09 Å². The SMILES string of the molecule is CN(C(=O)C1CC1)c1ccc(OCc2cc3cc(F)ccc3n2C(=O)OC(C)(C)C)cc1. The Morgan fingerprint density at radius 2 is 1.78 bits per heavy atom. The van der Waals surface area contributed by atoms with E-state index in [1.807, 2.05) is 12.1 Å². The number of nitrogens with zero attached hydrogens (tertiary/aromatic N) is 2. The van der Waals surface area contributed by atoms with Crippen LogP contribution in [0.4, 0.5) is 14.9 Å². The maximum Gasteiger partial charge on any atom is 0.419 e. The number of rotatable bonds is 5. The molecule has 0 aliphatic heterocycles. The largest absolute Gasteiger partial charge is 0.487 e. The minimum Gasteiger partial charge on any atom is -0.487 e. The molecule has 0 spiro atoms. The molecule has 0 atom stereocenters. The molecule has 3 aromatic rings. The molecular formula is C25H27FN2O4. The van der Waals surface area contributed by atoms with Crippen LogP contribution in [0, 0.1) is 11.7 Å². The summed E-state index contributed by atoms with van der Waals surface area (Å²) in [4.78, 5) is 26.7. The van der Waals surface area contributed by atoms with Crippen LogP contribution in [-0.4, -0.2) is 29.2 Å². The summed E-state index contributed by atoms with van der Waals surface area (Å²) in [5.41, 5.74) is 1.22. The van der Waals surface area contributed by atoms with Gasteiger partial charge in [-0.15, -0.1) is 0 Å². The van der Waals surface area contributed by atoms with Gasteiger partial charge in [-0.3, -0.25) is 4.79 Å². The summed E-state index contributed by atoms with van der Waals surface area (Å²) in [7, 11) is 1.77. The molecule has 1 heterocycles. The van der Waals surface area contributed by atoms with Crippen molar-refractivity contribution in [2.45, 2.75) is 45.8 Å². The number of aromatic nitrogens is 1. The second-order valence-electron chi connectivity index (χ2n) is 9.11. The molecule has 1 saturated carbocycles. The predicted octanol–water partition coefficient (Wildman–Crippen LogP) is 5.52. The van der Waals surface area contributed by atoms with Gasteiger partial charge in [0.15, 0.2) is 0 Å². The zero-order valence-corrected chi connectivity index (χ0v) is 18.7. The first-order valence-electron chi connectivity index (χ1n) is 10.7. The highest BCUT2D eigenvalue weighted by Gasteiger charge is 2.32. The average molecular weight is 438 g/mol. The Hall–Kier alpha value is -3.35. The molecule has 0 unspecified atom stereocenters. The highest BCUT2D eigenvalue weighted by atomic mass is 19.1. The van der Waals surface area contributed by atoms with Crippen LogP contribution >= 0.6 is 0 Å². The lowest BCUT2D eigenvalue weighted by Gasteiger charge is -2.21. The van der Waals surface area contributed by atoms with Gasteiger partial charge in [0.2, 0.25) is 5.91 Å². The van der Waals surface area contributed by atoms with Crippen LogP contribution in [0.2, 0.25) is 0 Å². The fourth-order valence-corrected chi connectivity index (χ4v) is 3.53. The van der Waals surface area contributed by atoms with Gasteiger partial charge in [-0.2, -0.15) is 0 Å². The monoisotopic (exact) mass is 438 g/mol. The van der Waals surface area contributed by atoms with E-state index in [9.17, 15) is 14.0 Å². The van der Waals surface area contributed by atoms with Crippen LogP contribution < -0.4 is 9.64 Å². The van der Waals surface area contributed by atoms with E-state index in [-0.39, 0.29) is 24.2 Å². The highest BCUT2D eigenvalue weighted by Crippen LogP contribution is 2.32. The van der Waals surface area contributed by atoms with Crippen molar-refractivity contribution in [2.75, 3.05) is 11.9 Å². The van der Waals surface area contributed by atoms with Gasteiger partial charge in [-0.05, 0) is 82.1 Å². The average Bonchev–Trinajstić information content (AvgIpc) is 3.51. The first kappa shape index (κ1) is 21.9. The fraction of sp³-hybridized carbons (Fsp3) is 0.360. The maximum absolute atomic E-state index is 13.7. The van der Waals surface area contributed by atoms with E-state index in [0.29, 0.717) is 22.3 Å². The van der Waals surface area contributed by atoms with Crippen LogP contribution in [0.5, 0.6) is 5.75 Å². The Labute approximate surface area is 186 Å². The molecule has 0 saturated heterocycles. The molecule has 0 N–H and O–H groups in total. The molecule has 1 aliphatic rings. The minimum atomic E-state index is -0.675. The van der Waals surface area contributed by atoms with Gasteiger partial charge in [0.1, 0.15) is 23.8 Å². The number of carbonyl (C=O) groups excluding carboxylic acids is 2. The lowest BCUT2D eigenvalue weighted by atomic mass is 10.2. The molecule has 1 aliphatic carbocycles. The predicted molar refractivity (Wildman–Crippen MR) is 120 cm³/mol. The van der Waals surface area contributed by atoms with E-state index >= 15 is 0 Å². The summed E-state index contributed by atoms with van der Waals surface area (Å²) in [6, 6.07) is 13.2. The van der Waals surface area contributed by atoms with E-state index < -0.39 is 11.7 Å². The van der Waals surface area contributed by atoms with Gasteiger partial charge in [0.25, 0.3) is 0 Å². The summed E-state index contributed by atoms with van der Waals surface area (Å²) in [6.45, 7) is 5.46. The number of halogens is 1. The van der Waals surface area contributed by atoms with E-state index in [4.69, 9.17) is 9.47 Å². The summed E-state index contributed by atoms with van der Waals surface area (Å²) >= 11 is 0. The van der Waals surface area contributed by atoms with Gasteiger partial charge in [0.05, 0.1) is 11.2 Å². The molecule has 4 rings (SSSR count). The van der Waals surface area contributed by atoms with Crippen LogP contribution in [0.1, 0.15) is 39.3 Å². The van der Waals surface area contributed by atoms with Crippen molar-refractivity contribution in [2.24, 2.45) is 5.92 Å². The second-order valence-corrected chi connectivity index (χ2v) is 9.11. The molecule has 2 aromatic carbocycles. The Balaban J connectivity index is 1.54. The van der Waals surface area contributed by atoms with E-state index in [1.165, 1.54) is 16.7 Å². The zero-order chi connectivity index (χ0) is 23.0. The molecular weight excluding hydrogens is 411 g/mol. The molecule has 168 valence electrons. The topological polar surface area (TPSA) is 60.8 Å². The molecule has 1 aromatic heterocycles. The lowest BCUT2D eigenvalue weighted by molar-refractivity contribution is -0.119. The fourth-order valence-electron chi connectivity index (χ4n) is 3.53. The summed E-state index contributed by atoms with van der Waals surface area (Å²) < 4.78 is 26.6. The number of ether oxygens (including phenoxy) is 2. The van der Waals surface area contributed by atoms with Crippen molar-refractivity contribution in [3.63, 3.8) is 0 Å². The van der Waals surface area contributed by atoms with E-state index in [0.717, 1.165) is 18.5 Å². The standard InChI is InChI=1S/C25H27FN2O4/c1-25(2,3)32-24(30)28-20(14-17-13-18(26)7-12-22(17)28)15-31-21-10-8-19(9-11-21)27(4)23(29)16-5-6-16/h7-14,16H,5-6,15H2,1-4H3. The Morgan fingerprint density at radius 1 is 1.09 bits per heavy atom. The third-order valence-electron chi connectivity index (χ3n) is 5.28. The van der Waals surface area contributed by atoms with Gasteiger partial charge in [-0.1, -0.05) is 0 Å². The number of fused-ring (bicyclic) bond motifs is 1. The summed E-state index contributed by atoms with van der Waals surface area (Å²) in [6.07, 6.45) is 1.37. The van der Waals surface area contributed by atoms with Crippen molar-refractivity contribution < 1.29 is 23.5 Å². The normalized spacial score (nSPS) is 13.8. The molecule has 0 radical (unpaired) electrons. The zero-order valence-electron chi connectivity index (χ0n) is 18.7. The van der Waals surface area contributed by atoms with Crippen LogP contribution in [-0.2, 0) is 16.1 Å². The van der Waals surface area contributed by atoms with Crippen molar-refractivity contribution >= 4 is 28.6 Å². The molecule has 1 fully saturated rings. The van der Waals surface area contributed by atoms with Gasteiger partial charge < -0.3 is 14.4 Å². The molecule has 6 nitrogen and oxygen atoms in total. The summed E-state index contributed by atoms with van der Waals surface area (Å²) in [5.74, 6) is 0.489. The Bertz CT molecular complexity index is 1160. The first-order valence-corrected chi connectivity index (χ1v) is 10.7. The molecule has 1 amide bonds. The maximum atomic E-state index is 13.7. The van der Waals surface area contributed by atoms with Gasteiger partial charge in [0, 0.05) is 24.0 Å². The first-order chi connectivity index (χ1) is 15.1. The number of hydrogen-bond acceptors (Lipinski definition) is 4. The van der Waals surface area contributed by atoms with Crippen LogP contribution in [0.3, 0.4) is 0 Å². The molecule has 32 heavy (non-hydrogen) atoms.